The van der Waals surface area contributed by atoms with E-state index in [9.17, 15) is 4.79 Å². The molecule has 0 radical (unpaired) electrons. The third kappa shape index (κ3) is 4.65. The zero-order valence-corrected chi connectivity index (χ0v) is 21.9. The number of aliphatic imine (C=N–C) groups is 1. The number of pyridine rings is 1. The summed E-state index contributed by atoms with van der Waals surface area (Å²) in [6.45, 7) is 4.08. The molecule has 0 bridgehead atoms. The fraction of sp³-hybridized carbons (Fsp3) is 0.267. The molecular formula is C30H31N7O. The van der Waals surface area contributed by atoms with E-state index in [0.29, 0.717) is 18.2 Å². The average Bonchev–Trinajstić information content (AvgIpc) is 3.25. The molecule has 1 amide bonds. The first-order valence-corrected chi connectivity index (χ1v) is 12.8. The summed E-state index contributed by atoms with van der Waals surface area (Å²) in [6.07, 6.45) is 9.75. The summed E-state index contributed by atoms with van der Waals surface area (Å²) in [7, 11) is 1.70. The quantitative estimate of drug-likeness (QED) is 0.310. The van der Waals surface area contributed by atoms with Gasteiger partial charge >= 0.3 is 0 Å². The van der Waals surface area contributed by atoms with Crippen molar-refractivity contribution in [2.75, 3.05) is 12.4 Å². The summed E-state index contributed by atoms with van der Waals surface area (Å²) in [4.78, 5) is 31.2. The molecule has 1 fully saturated rings. The van der Waals surface area contributed by atoms with Crippen molar-refractivity contribution in [3.05, 3.63) is 89.6 Å². The van der Waals surface area contributed by atoms with Crippen LogP contribution in [0.25, 0.3) is 17.1 Å². The fourth-order valence-electron chi connectivity index (χ4n) is 5.04. The van der Waals surface area contributed by atoms with Gasteiger partial charge in [0.15, 0.2) is 0 Å². The molecule has 0 atom stereocenters. The number of benzene rings is 1. The van der Waals surface area contributed by atoms with Crippen LogP contribution >= 0.6 is 0 Å². The van der Waals surface area contributed by atoms with Crippen molar-refractivity contribution in [1.82, 2.24) is 19.5 Å². The van der Waals surface area contributed by atoms with Crippen LogP contribution in [0.1, 0.15) is 48.2 Å². The molecule has 0 spiro atoms. The van der Waals surface area contributed by atoms with Crippen molar-refractivity contribution >= 4 is 23.7 Å². The maximum Gasteiger partial charge on any atom is 0.236 e. The number of amides is 1. The molecule has 3 heterocycles. The Balaban J connectivity index is 1.31. The predicted molar refractivity (Wildman–Crippen MR) is 151 cm³/mol. The van der Waals surface area contributed by atoms with Gasteiger partial charge in [-0.05, 0) is 62.1 Å². The summed E-state index contributed by atoms with van der Waals surface area (Å²) in [5.74, 6) is 1.13. The van der Waals surface area contributed by atoms with Gasteiger partial charge in [0.05, 0.1) is 5.41 Å². The van der Waals surface area contributed by atoms with Gasteiger partial charge in [0.1, 0.15) is 5.82 Å². The van der Waals surface area contributed by atoms with Gasteiger partial charge in [-0.1, -0.05) is 30.7 Å². The van der Waals surface area contributed by atoms with Gasteiger partial charge in [0, 0.05) is 66.5 Å². The van der Waals surface area contributed by atoms with Crippen molar-refractivity contribution in [3.8, 4) is 17.1 Å². The van der Waals surface area contributed by atoms with E-state index in [1.54, 1.807) is 19.3 Å². The molecule has 0 saturated heterocycles. The van der Waals surface area contributed by atoms with Crippen molar-refractivity contribution < 1.29 is 4.79 Å². The normalized spacial score (nSPS) is 14.6. The number of hydrogen-bond donors (Lipinski definition) is 2. The van der Waals surface area contributed by atoms with Crippen LogP contribution in [0.15, 0.2) is 72.1 Å². The second kappa shape index (κ2) is 10.5. The highest BCUT2D eigenvalue weighted by atomic mass is 16.2. The van der Waals surface area contributed by atoms with Gasteiger partial charge in [-0.2, -0.15) is 0 Å². The molecule has 0 aliphatic heterocycles. The minimum Gasteiger partial charge on any atom is -0.313 e. The Morgan fingerprint density at radius 3 is 2.18 bits per heavy atom. The number of nitrogens with zero attached hydrogens (tertiary/aromatic N) is 5. The summed E-state index contributed by atoms with van der Waals surface area (Å²) < 4.78 is 2.03. The van der Waals surface area contributed by atoms with Gasteiger partial charge in [-0.15, -0.1) is 0 Å². The standard InChI is InChI=1S/C30H31N7O/c1-20-5-6-21(2)37(20)29-34-18-24(19-35-29)22-7-10-25(11-8-22)30(14-4-15-30)28(38)36-27-12-9-23(17-33-27)26(32-3)13-16-31/h5-12,16-19,31H,4,13-15H2,1-3H3,(H,33,36,38). The van der Waals surface area contributed by atoms with Gasteiger partial charge in [-0.25, -0.2) is 15.0 Å². The van der Waals surface area contributed by atoms with Gasteiger partial charge in [0.25, 0.3) is 0 Å². The van der Waals surface area contributed by atoms with E-state index in [1.807, 2.05) is 61.1 Å². The Bertz CT molecular complexity index is 1460. The second-order valence-electron chi connectivity index (χ2n) is 9.70. The topological polar surface area (TPSA) is 109 Å². The van der Waals surface area contributed by atoms with E-state index in [0.717, 1.165) is 58.6 Å². The molecule has 3 aromatic heterocycles. The Morgan fingerprint density at radius 2 is 1.66 bits per heavy atom. The Labute approximate surface area is 222 Å². The van der Waals surface area contributed by atoms with Gasteiger partial charge in [-0.3, -0.25) is 14.4 Å². The van der Waals surface area contributed by atoms with Gasteiger partial charge < -0.3 is 10.7 Å². The number of carbonyl (C=O) groups is 1. The van der Waals surface area contributed by atoms with Crippen LogP contribution in [0.3, 0.4) is 0 Å². The van der Waals surface area contributed by atoms with Crippen LogP contribution in [0, 0.1) is 19.3 Å². The second-order valence-corrected chi connectivity index (χ2v) is 9.70. The maximum atomic E-state index is 13.4. The summed E-state index contributed by atoms with van der Waals surface area (Å²) in [5, 5.41) is 10.3. The first-order valence-electron chi connectivity index (χ1n) is 12.8. The molecule has 192 valence electrons. The van der Waals surface area contributed by atoms with Gasteiger partial charge in [0.2, 0.25) is 11.9 Å². The smallest absolute Gasteiger partial charge is 0.236 e. The van der Waals surface area contributed by atoms with E-state index in [2.05, 4.69) is 37.4 Å². The van der Waals surface area contributed by atoms with Crippen molar-refractivity contribution in [1.29, 1.82) is 5.41 Å². The molecule has 5 rings (SSSR count). The summed E-state index contributed by atoms with van der Waals surface area (Å²) in [6, 6.07) is 15.9. The Hall–Kier alpha value is -4.46. The van der Waals surface area contributed by atoms with E-state index in [1.165, 1.54) is 6.21 Å². The predicted octanol–water partition coefficient (Wildman–Crippen LogP) is 5.47. The number of carbonyl (C=O) groups excluding carboxylic acids is 1. The van der Waals surface area contributed by atoms with E-state index in [4.69, 9.17) is 5.41 Å². The number of nitrogens with one attached hydrogen (secondary N) is 2. The number of aryl methyl sites for hydroxylation is 2. The molecular weight excluding hydrogens is 474 g/mol. The highest BCUT2D eigenvalue weighted by molar-refractivity contribution is 6.07. The fourth-order valence-corrected chi connectivity index (χ4v) is 5.04. The van der Waals surface area contributed by atoms with Crippen LogP contribution < -0.4 is 5.32 Å². The molecule has 1 saturated carbocycles. The number of aromatic nitrogens is 4. The molecule has 1 aliphatic carbocycles. The summed E-state index contributed by atoms with van der Waals surface area (Å²) >= 11 is 0. The minimum atomic E-state index is -0.557. The first kappa shape index (κ1) is 25.2. The SMILES string of the molecule is CN=C(CC=N)c1ccc(NC(=O)C2(c3ccc(-c4cnc(-n5c(C)ccc5C)nc4)cc3)CCC2)nc1. The third-order valence-electron chi connectivity index (χ3n) is 7.43. The lowest BCUT2D eigenvalue weighted by molar-refractivity contribution is -0.124. The number of anilines is 1. The minimum absolute atomic E-state index is 0.0363. The van der Waals surface area contributed by atoms with Crippen LogP contribution in [0.4, 0.5) is 5.82 Å². The average molecular weight is 506 g/mol. The van der Waals surface area contributed by atoms with Crippen molar-refractivity contribution in [3.63, 3.8) is 0 Å². The molecule has 8 nitrogen and oxygen atoms in total. The molecule has 1 aliphatic rings. The van der Waals surface area contributed by atoms with Crippen molar-refractivity contribution in [2.24, 2.45) is 4.99 Å². The molecule has 2 N–H and O–H groups in total. The number of hydrogen-bond acceptors (Lipinski definition) is 6. The molecule has 4 aromatic rings. The monoisotopic (exact) mass is 505 g/mol. The Morgan fingerprint density at radius 1 is 0.974 bits per heavy atom. The molecule has 1 aromatic carbocycles. The Kier molecular flexibility index (Phi) is 6.96. The van der Waals surface area contributed by atoms with Crippen LogP contribution in [0.5, 0.6) is 0 Å². The molecule has 38 heavy (non-hydrogen) atoms. The first-order chi connectivity index (χ1) is 18.4. The van der Waals surface area contributed by atoms with Crippen LogP contribution in [-0.4, -0.2) is 44.4 Å². The maximum absolute atomic E-state index is 13.4. The zero-order valence-electron chi connectivity index (χ0n) is 21.9. The third-order valence-corrected chi connectivity index (χ3v) is 7.43. The largest absolute Gasteiger partial charge is 0.313 e. The highest BCUT2D eigenvalue weighted by Crippen LogP contribution is 2.45. The number of rotatable bonds is 8. The molecule has 0 unspecified atom stereocenters. The lowest BCUT2D eigenvalue weighted by Crippen LogP contribution is -2.46. The lowest BCUT2D eigenvalue weighted by Gasteiger charge is -2.40. The summed E-state index contributed by atoms with van der Waals surface area (Å²) in [5.41, 5.74) is 6.20. The molecule has 8 heteroatoms. The van der Waals surface area contributed by atoms with Crippen molar-refractivity contribution in [2.45, 2.75) is 44.9 Å². The highest BCUT2D eigenvalue weighted by Gasteiger charge is 2.45. The van der Waals surface area contributed by atoms with E-state index in [-0.39, 0.29) is 5.91 Å². The van der Waals surface area contributed by atoms with Crippen LogP contribution in [0.2, 0.25) is 0 Å². The van der Waals surface area contributed by atoms with E-state index >= 15 is 0 Å². The lowest BCUT2D eigenvalue weighted by atomic mass is 9.63. The zero-order chi connectivity index (χ0) is 26.7. The van der Waals surface area contributed by atoms with Crippen LogP contribution in [-0.2, 0) is 10.2 Å². The van der Waals surface area contributed by atoms with E-state index < -0.39 is 5.41 Å².